The second-order valence-corrected chi connectivity index (χ2v) is 1.96. The molecule has 1 aliphatic rings. The van der Waals surface area contributed by atoms with Gasteiger partial charge in [0.05, 0.1) is 0 Å². The molecule has 0 bridgehead atoms. The van der Waals surface area contributed by atoms with Crippen LogP contribution in [0, 0.1) is 0 Å². The molecule has 0 saturated heterocycles. The monoisotopic (exact) mass is 141 g/mol. The Morgan fingerprint density at radius 1 is 1.80 bits per heavy atom. The Labute approximate surface area is 57.5 Å². The zero-order chi connectivity index (χ0) is 7.56. The van der Waals surface area contributed by atoms with E-state index in [0.29, 0.717) is 6.42 Å². The standard InChI is InChI=1S/C6H7NO3/c8-4-2-1-3-7-5(4)6(9)10/h1,3-4,8H,2H2,(H,9,10). The van der Waals surface area contributed by atoms with Gasteiger partial charge in [-0.05, 0) is 6.42 Å². The number of carbonyl (C=O) groups is 1. The molecule has 0 fully saturated rings. The van der Waals surface area contributed by atoms with Crippen LogP contribution in [-0.2, 0) is 4.79 Å². The summed E-state index contributed by atoms with van der Waals surface area (Å²) in [5, 5.41) is 17.4. The van der Waals surface area contributed by atoms with Crippen LogP contribution >= 0.6 is 0 Å². The van der Waals surface area contributed by atoms with Crippen molar-refractivity contribution < 1.29 is 15.0 Å². The molecule has 1 atom stereocenters. The average Bonchev–Trinajstić information content (AvgIpc) is 1.88. The van der Waals surface area contributed by atoms with Crippen LogP contribution in [0.3, 0.4) is 0 Å². The normalized spacial score (nSPS) is 24.1. The molecule has 1 aliphatic heterocycles. The lowest BCUT2D eigenvalue weighted by atomic mass is 10.1. The van der Waals surface area contributed by atoms with E-state index in [0.717, 1.165) is 0 Å². The molecule has 2 N–H and O–H groups in total. The largest absolute Gasteiger partial charge is 0.477 e. The lowest BCUT2D eigenvalue weighted by Crippen LogP contribution is -2.29. The second kappa shape index (κ2) is 2.62. The van der Waals surface area contributed by atoms with Crippen LogP contribution in [0.15, 0.2) is 17.3 Å². The molecule has 4 heteroatoms. The third kappa shape index (κ3) is 1.22. The number of hydrogen-bond acceptors (Lipinski definition) is 3. The summed E-state index contributed by atoms with van der Waals surface area (Å²) in [5.74, 6) is -1.16. The summed E-state index contributed by atoms with van der Waals surface area (Å²) in [6, 6.07) is 0. The van der Waals surface area contributed by atoms with Crippen molar-refractivity contribution in [2.75, 3.05) is 0 Å². The summed E-state index contributed by atoms with van der Waals surface area (Å²) < 4.78 is 0. The fraction of sp³-hybridized carbons (Fsp3) is 0.333. The highest BCUT2D eigenvalue weighted by Crippen LogP contribution is 2.03. The van der Waals surface area contributed by atoms with E-state index >= 15 is 0 Å². The molecule has 1 unspecified atom stereocenters. The van der Waals surface area contributed by atoms with E-state index in [1.54, 1.807) is 6.08 Å². The van der Waals surface area contributed by atoms with E-state index in [4.69, 9.17) is 10.2 Å². The Bertz CT molecular complexity index is 207. The molecule has 0 aromatic heterocycles. The van der Waals surface area contributed by atoms with Crippen molar-refractivity contribution in [2.45, 2.75) is 12.5 Å². The summed E-state index contributed by atoms with van der Waals surface area (Å²) in [6.45, 7) is 0. The second-order valence-electron chi connectivity index (χ2n) is 1.96. The van der Waals surface area contributed by atoms with Gasteiger partial charge >= 0.3 is 5.97 Å². The number of aliphatic hydroxyl groups excluding tert-OH is 1. The van der Waals surface area contributed by atoms with Gasteiger partial charge < -0.3 is 10.2 Å². The van der Waals surface area contributed by atoms with Crippen molar-refractivity contribution in [1.29, 1.82) is 0 Å². The van der Waals surface area contributed by atoms with Crippen LogP contribution in [0.25, 0.3) is 0 Å². The SMILES string of the molecule is O=C(O)C1=NC=CCC1O. The average molecular weight is 141 g/mol. The molecule has 0 radical (unpaired) electrons. The Balaban J connectivity index is 2.80. The maximum absolute atomic E-state index is 10.2. The van der Waals surface area contributed by atoms with Gasteiger partial charge in [0.15, 0.2) is 5.71 Å². The van der Waals surface area contributed by atoms with Crippen LogP contribution in [0.1, 0.15) is 6.42 Å². The minimum absolute atomic E-state index is 0.178. The maximum atomic E-state index is 10.2. The number of aliphatic carboxylic acids is 1. The molecule has 1 rings (SSSR count). The molecule has 1 heterocycles. The molecule has 0 saturated carbocycles. The van der Waals surface area contributed by atoms with Crippen molar-refractivity contribution in [3.8, 4) is 0 Å². The van der Waals surface area contributed by atoms with E-state index in [1.807, 2.05) is 0 Å². The highest BCUT2D eigenvalue weighted by atomic mass is 16.4. The molecule has 10 heavy (non-hydrogen) atoms. The van der Waals surface area contributed by atoms with E-state index < -0.39 is 12.1 Å². The van der Waals surface area contributed by atoms with Gasteiger partial charge in [-0.2, -0.15) is 0 Å². The first-order valence-corrected chi connectivity index (χ1v) is 2.86. The molecule has 0 amide bonds. The summed E-state index contributed by atoms with van der Waals surface area (Å²) in [5.41, 5.74) is -0.178. The van der Waals surface area contributed by atoms with Crippen molar-refractivity contribution >= 4 is 11.7 Å². The molecule has 0 aromatic rings. The number of carboxylic acid groups (broad SMARTS) is 1. The number of aliphatic hydroxyl groups is 1. The Hall–Kier alpha value is -1.16. The van der Waals surface area contributed by atoms with E-state index in [1.165, 1.54) is 6.20 Å². The minimum Gasteiger partial charge on any atom is -0.477 e. The van der Waals surface area contributed by atoms with Crippen LogP contribution in [-0.4, -0.2) is 28.0 Å². The zero-order valence-corrected chi connectivity index (χ0v) is 5.19. The molecule has 0 aromatic carbocycles. The third-order valence-corrected chi connectivity index (χ3v) is 1.21. The van der Waals surface area contributed by atoms with Crippen LogP contribution in [0.5, 0.6) is 0 Å². The predicted octanol–water partition coefficient (Wildman–Crippen LogP) is -0.210. The van der Waals surface area contributed by atoms with Gasteiger partial charge in [-0.1, -0.05) is 6.08 Å². The van der Waals surface area contributed by atoms with Crippen LogP contribution < -0.4 is 0 Å². The Kier molecular flexibility index (Phi) is 1.82. The first kappa shape index (κ1) is 6.95. The topological polar surface area (TPSA) is 69.9 Å². The van der Waals surface area contributed by atoms with Crippen molar-refractivity contribution in [2.24, 2.45) is 4.99 Å². The van der Waals surface area contributed by atoms with Crippen molar-refractivity contribution in [3.63, 3.8) is 0 Å². The lowest BCUT2D eigenvalue weighted by molar-refractivity contribution is -0.129. The predicted molar refractivity (Wildman–Crippen MR) is 34.8 cm³/mol. The van der Waals surface area contributed by atoms with E-state index in [-0.39, 0.29) is 5.71 Å². The number of aliphatic imine (C=N–C) groups is 1. The van der Waals surface area contributed by atoms with Gasteiger partial charge in [-0.3, -0.25) is 4.99 Å². The van der Waals surface area contributed by atoms with Gasteiger partial charge in [0.2, 0.25) is 0 Å². The highest BCUT2D eigenvalue weighted by molar-refractivity contribution is 6.37. The first-order chi connectivity index (χ1) is 4.72. The van der Waals surface area contributed by atoms with E-state index in [9.17, 15) is 4.79 Å². The molecule has 54 valence electrons. The number of rotatable bonds is 1. The van der Waals surface area contributed by atoms with Crippen LogP contribution in [0.4, 0.5) is 0 Å². The van der Waals surface area contributed by atoms with E-state index in [2.05, 4.69) is 4.99 Å². The quantitative estimate of drug-likeness (QED) is 0.530. The number of hydrogen-bond donors (Lipinski definition) is 2. The molecule has 0 aliphatic carbocycles. The Morgan fingerprint density at radius 2 is 2.50 bits per heavy atom. The maximum Gasteiger partial charge on any atom is 0.352 e. The fourth-order valence-corrected chi connectivity index (χ4v) is 0.718. The van der Waals surface area contributed by atoms with Gasteiger partial charge in [0.1, 0.15) is 6.10 Å². The van der Waals surface area contributed by atoms with Crippen LogP contribution in [0.2, 0.25) is 0 Å². The molecule has 0 spiro atoms. The first-order valence-electron chi connectivity index (χ1n) is 2.86. The zero-order valence-electron chi connectivity index (χ0n) is 5.19. The lowest BCUT2D eigenvalue weighted by Gasteiger charge is -2.09. The molecular weight excluding hydrogens is 134 g/mol. The summed E-state index contributed by atoms with van der Waals surface area (Å²) in [4.78, 5) is 13.7. The fourth-order valence-electron chi connectivity index (χ4n) is 0.718. The van der Waals surface area contributed by atoms with Crippen molar-refractivity contribution in [1.82, 2.24) is 0 Å². The summed E-state index contributed by atoms with van der Waals surface area (Å²) in [6.07, 6.45) is 2.40. The van der Waals surface area contributed by atoms with Gasteiger partial charge in [-0.25, -0.2) is 4.79 Å². The number of nitrogens with zero attached hydrogens (tertiary/aromatic N) is 1. The van der Waals surface area contributed by atoms with Gasteiger partial charge in [0.25, 0.3) is 0 Å². The Morgan fingerprint density at radius 3 is 2.90 bits per heavy atom. The smallest absolute Gasteiger partial charge is 0.352 e. The van der Waals surface area contributed by atoms with Gasteiger partial charge in [-0.15, -0.1) is 0 Å². The highest BCUT2D eigenvalue weighted by Gasteiger charge is 2.19. The molecule has 4 nitrogen and oxygen atoms in total. The van der Waals surface area contributed by atoms with Gasteiger partial charge in [0, 0.05) is 6.20 Å². The van der Waals surface area contributed by atoms with Crippen molar-refractivity contribution in [3.05, 3.63) is 12.3 Å². The summed E-state index contributed by atoms with van der Waals surface area (Å²) >= 11 is 0. The molecular formula is C6H7NO3. The third-order valence-electron chi connectivity index (χ3n) is 1.21. The number of carboxylic acids is 1. The summed E-state index contributed by atoms with van der Waals surface area (Å²) in [7, 11) is 0. The minimum atomic E-state index is -1.16.